The third-order valence-corrected chi connectivity index (χ3v) is 3.61. The number of methoxy groups -OCH3 is 1. The van der Waals surface area contributed by atoms with Crippen LogP contribution in [0.25, 0.3) is 0 Å². The van der Waals surface area contributed by atoms with Crippen molar-refractivity contribution in [3.05, 3.63) is 29.1 Å². The Bertz CT molecular complexity index is 374. The van der Waals surface area contributed by atoms with Crippen LogP contribution in [-0.2, 0) is 6.42 Å². The molecule has 0 spiro atoms. The lowest BCUT2D eigenvalue weighted by Crippen LogP contribution is -1.99. The molecule has 1 unspecified atom stereocenters. The predicted octanol–water partition coefficient (Wildman–Crippen LogP) is 4.90. The Morgan fingerprint density at radius 1 is 1.28 bits per heavy atom. The van der Waals surface area contributed by atoms with Gasteiger partial charge < -0.3 is 4.74 Å². The van der Waals surface area contributed by atoms with Gasteiger partial charge in [0.15, 0.2) is 11.6 Å². The summed E-state index contributed by atoms with van der Waals surface area (Å²) < 4.78 is 18.8. The predicted molar refractivity (Wildman–Crippen MR) is 74.7 cm³/mol. The van der Waals surface area contributed by atoms with Gasteiger partial charge in [-0.15, -0.1) is 0 Å². The maximum atomic E-state index is 13.8. The van der Waals surface area contributed by atoms with Gasteiger partial charge in [0.25, 0.3) is 0 Å². The SMILES string of the molecule is CCCC(C)CCCc1ccc(OC)c(F)c1C. The fraction of sp³-hybridized carbons (Fsp3) is 0.625. The molecule has 1 rings (SSSR count). The zero-order valence-electron chi connectivity index (χ0n) is 12.1. The summed E-state index contributed by atoms with van der Waals surface area (Å²) in [6.07, 6.45) is 5.85. The molecule has 0 N–H and O–H groups in total. The van der Waals surface area contributed by atoms with Gasteiger partial charge in [-0.2, -0.15) is 0 Å². The van der Waals surface area contributed by atoms with Crippen LogP contribution >= 0.6 is 0 Å². The Morgan fingerprint density at radius 2 is 2.00 bits per heavy atom. The molecule has 2 heteroatoms. The second-order valence-electron chi connectivity index (χ2n) is 5.15. The van der Waals surface area contributed by atoms with E-state index in [1.54, 1.807) is 6.07 Å². The van der Waals surface area contributed by atoms with Gasteiger partial charge in [0.05, 0.1) is 7.11 Å². The Morgan fingerprint density at radius 3 is 2.61 bits per heavy atom. The van der Waals surface area contributed by atoms with E-state index >= 15 is 0 Å². The first-order chi connectivity index (χ1) is 8.60. The summed E-state index contributed by atoms with van der Waals surface area (Å²) in [6, 6.07) is 3.72. The van der Waals surface area contributed by atoms with Crippen LogP contribution in [0.3, 0.4) is 0 Å². The van der Waals surface area contributed by atoms with Crippen LogP contribution in [-0.4, -0.2) is 7.11 Å². The van der Waals surface area contributed by atoms with Crippen molar-refractivity contribution in [2.24, 2.45) is 5.92 Å². The summed E-state index contributed by atoms with van der Waals surface area (Å²) in [5.74, 6) is 0.908. The van der Waals surface area contributed by atoms with E-state index in [0.717, 1.165) is 29.9 Å². The number of rotatable bonds is 7. The topological polar surface area (TPSA) is 9.23 Å². The van der Waals surface area contributed by atoms with Crippen LogP contribution in [0.5, 0.6) is 5.75 Å². The summed E-state index contributed by atoms with van der Waals surface area (Å²) in [7, 11) is 1.50. The van der Waals surface area contributed by atoms with E-state index in [2.05, 4.69) is 13.8 Å². The molecule has 0 aliphatic rings. The average Bonchev–Trinajstić information content (AvgIpc) is 2.35. The molecule has 0 heterocycles. The summed E-state index contributed by atoms with van der Waals surface area (Å²) in [5, 5.41) is 0. The Kier molecular flexibility index (Phi) is 6.17. The third kappa shape index (κ3) is 4.01. The molecular formula is C16H25FO. The molecule has 0 amide bonds. The quantitative estimate of drug-likeness (QED) is 0.670. The molecule has 1 nitrogen and oxygen atoms in total. The third-order valence-electron chi connectivity index (χ3n) is 3.61. The molecule has 18 heavy (non-hydrogen) atoms. The molecule has 0 saturated heterocycles. The van der Waals surface area contributed by atoms with Gasteiger partial charge in [0.1, 0.15) is 0 Å². The van der Waals surface area contributed by atoms with Gasteiger partial charge in [-0.1, -0.05) is 39.2 Å². The van der Waals surface area contributed by atoms with Crippen LogP contribution in [0.2, 0.25) is 0 Å². The molecule has 1 aromatic rings. The largest absolute Gasteiger partial charge is 0.494 e. The molecule has 0 radical (unpaired) electrons. The molecule has 102 valence electrons. The van der Waals surface area contributed by atoms with E-state index in [1.165, 1.54) is 26.4 Å². The smallest absolute Gasteiger partial charge is 0.168 e. The van der Waals surface area contributed by atoms with Gasteiger partial charge in [-0.25, -0.2) is 4.39 Å². The maximum absolute atomic E-state index is 13.8. The van der Waals surface area contributed by atoms with Gasteiger partial charge in [-0.3, -0.25) is 0 Å². The minimum absolute atomic E-state index is 0.211. The van der Waals surface area contributed by atoms with E-state index < -0.39 is 0 Å². The van der Waals surface area contributed by atoms with E-state index in [4.69, 9.17) is 4.74 Å². The molecule has 0 aliphatic heterocycles. The lowest BCUT2D eigenvalue weighted by molar-refractivity contribution is 0.384. The van der Waals surface area contributed by atoms with Gasteiger partial charge in [0, 0.05) is 0 Å². The van der Waals surface area contributed by atoms with Crippen LogP contribution in [0.1, 0.15) is 50.7 Å². The second kappa shape index (κ2) is 7.40. The standard InChI is InChI=1S/C16H25FO/c1-5-7-12(2)8-6-9-14-10-11-15(18-4)16(17)13(14)3/h10-12H,5-9H2,1-4H3. The molecule has 1 atom stereocenters. The van der Waals surface area contributed by atoms with Crippen molar-refractivity contribution in [2.75, 3.05) is 7.11 Å². The van der Waals surface area contributed by atoms with Crippen molar-refractivity contribution in [2.45, 2.75) is 52.9 Å². The summed E-state index contributed by atoms with van der Waals surface area (Å²) in [6.45, 7) is 6.35. The minimum atomic E-state index is -0.211. The highest BCUT2D eigenvalue weighted by atomic mass is 19.1. The molecule has 0 saturated carbocycles. The van der Waals surface area contributed by atoms with Gasteiger partial charge >= 0.3 is 0 Å². The summed E-state index contributed by atoms with van der Waals surface area (Å²) in [5.41, 5.74) is 1.84. The van der Waals surface area contributed by atoms with E-state index in [1.807, 2.05) is 13.0 Å². The summed E-state index contributed by atoms with van der Waals surface area (Å²) in [4.78, 5) is 0. The number of benzene rings is 1. The summed E-state index contributed by atoms with van der Waals surface area (Å²) >= 11 is 0. The molecule has 0 aromatic heterocycles. The molecule has 0 bridgehead atoms. The second-order valence-corrected chi connectivity index (χ2v) is 5.15. The van der Waals surface area contributed by atoms with Gasteiger partial charge in [-0.05, 0) is 42.9 Å². The first kappa shape index (κ1) is 15.0. The van der Waals surface area contributed by atoms with E-state index in [0.29, 0.717) is 5.75 Å². The highest BCUT2D eigenvalue weighted by Crippen LogP contribution is 2.24. The van der Waals surface area contributed by atoms with Crippen LogP contribution in [0.15, 0.2) is 12.1 Å². The lowest BCUT2D eigenvalue weighted by atomic mass is 9.95. The Balaban J connectivity index is 2.55. The lowest BCUT2D eigenvalue weighted by Gasteiger charge is -2.12. The van der Waals surface area contributed by atoms with Crippen molar-refractivity contribution >= 4 is 0 Å². The van der Waals surface area contributed by atoms with Crippen molar-refractivity contribution in [3.63, 3.8) is 0 Å². The zero-order valence-corrected chi connectivity index (χ0v) is 12.1. The number of hydrogen-bond donors (Lipinski definition) is 0. The van der Waals surface area contributed by atoms with Crippen LogP contribution < -0.4 is 4.74 Å². The highest BCUT2D eigenvalue weighted by molar-refractivity contribution is 5.36. The first-order valence-corrected chi connectivity index (χ1v) is 6.92. The van der Waals surface area contributed by atoms with Crippen molar-refractivity contribution in [1.29, 1.82) is 0 Å². The normalized spacial score (nSPS) is 12.5. The molecular weight excluding hydrogens is 227 g/mol. The monoisotopic (exact) mass is 252 g/mol. The number of ether oxygens (including phenoxy) is 1. The maximum Gasteiger partial charge on any atom is 0.168 e. The van der Waals surface area contributed by atoms with E-state index in [-0.39, 0.29) is 5.82 Å². The highest BCUT2D eigenvalue weighted by Gasteiger charge is 2.10. The number of hydrogen-bond acceptors (Lipinski definition) is 1. The fourth-order valence-corrected chi connectivity index (χ4v) is 2.41. The van der Waals surface area contributed by atoms with Gasteiger partial charge in [0.2, 0.25) is 0 Å². The average molecular weight is 252 g/mol. The van der Waals surface area contributed by atoms with Crippen molar-refractivity contribution < 1.29 is 9.13 Å². The number of aryl methyl sites for hydroxylation is 1. The van der Waals surface area contributed by atoms with Crippen molar-refractivity contribution in [1.82, 2.24) is 0 Å². The minimum Gasteiger partial charge on any atom is -0.494 e. The Labute approximate surface area is 110 Å². The number of halogens is 1. The van der Waals surface area contributed by atoms with Crippen LogP contribution in [0.4, 0.5) is 4.39 Å². The first-order valence-electron chi connectivity index (χ1n) is 6.92. The fourth-order valence-electron chi connectivity index (χ4n) is 2.41. The zero-order chi connectivity index (χ0) is 13.5. The van der Waals surface area contributed by atoms with E-state index in [9.17, 15) is 4.39 Å². The molecule has 1 aromatic carbocycles. The molecule has 0 aliphatic carbocycles. The van der Waals surface area contributed by atoms with Crippen molar-refractivity contribution in [3.8, 4) is 5.75 Å². The molecule has 0 fully saturated rings. The van der Waals surface area contributed by atoms with Crippen LogP contribution in [0, 0.1) is 18.7 Å². The Hall–Kier alpha value is -1.05.